The van der Waals surface area contributed by atoms with Gasteiger partial charge in [-0.15, -0.1) is 11.3 Å². The second kappa shape index (κ2) is 9.51. The Morgan fingerprint density at radius 3 is 2.38 bits per heavy atom. The predicted molar refractivity (Wildman–Crippen MR) is 127 cm³/mol. The van der Waals surface area contributed by atoms with Crippen LogP contribution in [0.1, 0.15) is 10.6 Å². The molecule has 0 saturated carbocycles. The first kappa shape index (κ1) is 20.7. The molecular formula is C26H25N3O2S. The Balaban J connectivity index is 1.11. The van der Waals surface area contributed by atoms with Crippen LogP contribution in [0.25, 0.3) is 22.6 Å². The number of thiazole rings is 1. The van der Waals surface area contributed by atoms with Gasteiger partial charge in [-0.1, -0.05) is 54.6 Å². The van der Waals surface area contributed by atoms with Crippen LogP contribution in [0, 0.1) is 0 Å². The number of amides is 1. The summed E-state index contributed by atoms with van der Waals surface area (Å²) in [6.07, 6.45) is 2.12. The van der Waals surface area contributed by atoms with Crippen molar-refractivity contribution >= 4 is 17.2 Å². The molecule has 1 aliphatic heterocycles. The highest BCUT2D eigenvalue weighted by atomic mass is 32.1. The summed E-state index contributed by atoms with van der Waals surface area (Å²) in [5, 5.41) is 3.12. The van der Waals surface area contributed by atoms with Crippen molar-refractivity contribution in [3.05, 3.63) is 88.9 Å². The Hall–Kier alpha value is -3.22. The predicted octanol–water partition coefficient (Wildman–Crippen LogP) is 4.96. The lowest BCUT2D eigenvalue weighted by Gasteiger charge is -2.34. The van der Waals surface area contributed by atoms with Gasteiger partial charge in [-0.25, -0.2) is 4.98 Å². The van der Waals surface area contributed by atoms with Gasteiger partial charge in [-0.2, -0.15) is 0 Å². The molecule has 0 N–H and O–H groups in total. The number of benzene rings is 2. The molecule has 0 unspecified atom stereocenters. The van der Waals surface area contributed by atoms with Crippen LogP contribution in [0.5, 0.6) is 0 Å². The normalized spacial score (nSPS) is 14.6. The Kier molecular flexibility index (Phi) is 6.14. The van der Waals surface area contributed by atoms with E-state index in [0.717, 1.165) is 54.7 Å². The van der Waals surface area contributed by atoms with Crippen LogP contribution in [0.3, 0.4) is 0 Å². The lowest BCUT2D eigenvalue weighted by Crippen LogP contribution is -2.48. The largest absolute Gasteiger partial charge is 0.463 e. The SMILES string of the molecule is O=C(Cc1ccc(-c2ccccc2)cc1)N1CCN(Cc2nc(-c3ccco3)cs2)CC1. The van der Waals surface area contributed by atoms with E-state index in [1.165, 1.54) is 11.1 Å². The third-order valence-electron chi connectivity index (χ3n) is 5.83. The van der Waals surface area contributed by atoms with Gasteiger partial charge in [0, 0.05) is 31.6 Å². The van der Waals surface area contributed by atoms with Crippen LogP contribution in [-0.2, 0) is 17.8 Å². The fraction of sp³-hybridized carbons (Fsp3) is 0.231. The maximum atomic E-state index is 12.8. The first-order chi connectivity index (χ1) is 15.7. The highest BCUT2D eigenvalue weighted by Crippen LogP contribution is 2.23. The Labute approximate surface area is 191 Å². The number of nitrogens with zero attached hydrogens (tertiary/aromatic N) is 3. The maximum absolute atomic E-state index is 12.8. The molecule has 5 rings (SSSR count). The fourth-order valence-corrected chi connectivity index (χ4v) is 4.82. The van der Waals surface area contributed by atoms with E-state index in [9.17, 15) is 4.79 Å². The van der Waals surface area contributed by atoms with Gasteiger partial charge in [0.2, 0.25) is 5.91 Å². The average Bonchev–Trinajstić information content (AvgIpc) is 3.53. The van der Waals surface area contributed by atoms with Crippen molar-refractivity contribution in [1.29, 1.82) is 0 Å². The molecule has 5 nitrogen and oxygen atoms in total. The molecule has 0 aliphatic carbocycles. The van der Waals surface area contributed by atoms with E-state index in [4.69, 9.17) is 4.42 Å². The van der Waals surface area contributed by atoms with Gasteiger partial charge in [-0.05, 0) is 28.8 Å². The van der Waals surface area contributed by atoms with Crippen molar-refractivity contribution in [2.24, 2.45) is 0 Å². The number of carbonyl (C=O) groups excluding carboxylic acids is 1. The van der Waals surface area contributed by atoms with Crippen LogP contribution in [0.4, 0.5) is 0 Å². The van der Waals surface area contributed by atoms with Crippen LogP contribution in [0.15, 0.2) is 82.8 Å². The number of furan rings is 1. The Bertz CT molecular complexity index is 1150. The summed E-state index contributed by atoms with van der Waals surface area (Å²) in [6.45, 7) is 4.08. The zero-order valence-electron chi connectivity index (χ0n) is 17.8. The number of aromatic nitrogens is 1. The summed E-state index contributed by atoms with van der Waals surface area (Å²) in [6, 6.07) is 22.4. The van der Waals surface area contributed by atoms with Crippen LogP contribution >= 0.6 is 11.3 Å². The van der Waals surface area contributed by atoms with Crippen molar-refractivity contribution in [2.75, 3.05) is 26.2 Å². The molecule has 32 heavy (non-hydrogen) atoms. The Morgan fingerprint density at radius 2 is 1.66 bits per heavy atom. The van der Waals surface area contributed by atoms with Gasteiger partial charge in [0.1, 0.15) is 10.7 Å². The fourth-order valence-electron chi connectivity index (χ4n) is 4.00. The zero-order valence-corrected chi connectivity index (χ0v) is 18.6. The number of piperazine rings is 1. The van der Waals surface area contributed by atoms with Crippen LogP contribution in [0.2, 0.25) is 0 Å². The van der Waals surface area contributed by atoms with Gasteiger partial charge in [0.05, 0.1) is 19.2 Å². The molecule has 0 radical (unpaired) electrons. The maximum Gasteiger partial charge on any atom is 0.227 e. The molecule has 1 aliphatic rings. The van der Waals surface area contributed by atoms with Crippen molar-refractivity contribution in [3.63, 3.8) is 0 Å². The molecule has 4 aromatic rings. The molecule has 2 aromatic heterocycles. The summed E-state index contributed by atoms with van der Waals surface area (Å²) in [7, 11) is 0. The molecule has 162 valence electrons. The molecule has 0 atom stereocenters. The third-order valence-corrected chi connectivity index (χ3v) is 6.66. The minimum absolute atomic E-state index is 0.200. The molecule has 1 amide bonds. The topological polar surface area (TPSA) is 49.6 Å². The number of hydrogen-bond donors (Lipinski definition) is 0. The molecule has 1 fully saturated rings. The first-order valence-electron chi connectivity index (χ1n) is 10.9. The summed E-state index contributed by atoms with van der Waals surface area (Å²) in [5.74, 6) is 1.01. The van der Waals surface area contributed by atoms with Crippen LogP contribution < -0.4 is 0 Å². The molecule has 3 heterocycles. The van der Waals surface area contributed by atoms with E-state index in [1.54, 1.807) is 17.6 Å². The van der Waals surface area contributed by atoms with Crippen molar-refractivity contribution in [2.45, 2.75) is 13.0 Å². The smallest absolute Gasteiger partial charge is 0.227 e. The molecule has 1 saturated heterocycles. The van der Waals surface area contributed by atoms with Crippen molar-refractivity contribution < 1.29 is 9.21 Å². The summed E-state index contributed by atoms with van der Waals surface area (Å²) >= 11 is 1.66. The van der Waals surface area contributed by atoms with E-state index in [0.29, 0.717) is 6.42 Å². The minimum Gasteiger partial charge on any atom is -0.463 e. The van der Waals surface area contributed by atoms with E-state index < -0.39 is 0 Å². The number of hydrogen-bond acceptors (Lipinski definition) is 5. The third kappa shape index (κ3) is 4.82. The summed E-state index contributed by atoms with van der Waals surface area (Å²) in [5.41, 5.74) is 4.32. The van der Waals surface area contributed by atoms with Gasteiger partial charge in [0.25, 0.3) is 0 Å². The molecule has 2 aromatic carbocycles. The van der Waals surface area contributed by atoms with Crippen LogP contribution in [-0.4, -0.2) is 46.9 Å². The second-order valence-corrected chi connectivity index (χ2v) is 8.94. The highest BCUT2D eigenvalue weighted by Gasteiger charge is 2.22. The Morgan fingerprint density at radius 1 is 0.906 bits per heavy atom. The number of rotatable bonds is 6. The van der Waals surface area contributed by atoms with Gasteiger partial charge in [0.15, 0.2) is 5.76 Å². The number of carbonyl (C=O) groups is 1. The molecule has 0 spiro atoms. The summed E-state index contributed by atoms with van der Waals surface area (Å²) in [4.78, 5) is 21.8. The van der Waals surface area contributed by atoms with Crippen molar-refractivity contribution in [3.8, 4) is 22.6 Å². The average molecular weight is 444 g/mol. The quantitative estimate of drug-likeness (QED) is 0.423. The molecule has 6 heteroatoms. The lowest BCUT2D eigenvalue weighted by molar-refractivity contribution is -0.132. The monoisotopic (exact) mass is 443 g/mol. The molecule has 0 bridgehead atoms. The molecular weight excluding hydrogens is 418 g/mol. The van der Waals surface area contributed by atoms with E-state index in [1.807, 2.05) is 40.6 Å². The highest BCUT2D eigenvalue weighted by molar-refractivity contribution is 7.09. The van der Waals surface area contributed by atoms with E-state index in [-0.39, 0.29) is 5.91 Å². The second-order valence-electron chi connectivity index (χ2n) is 8.00. The van der Waals surface area contributed by atoms with Gasteiger partial charge < -0.3 is 9.32 Å². The van der Waals surface area contributed by atoms with Gasteiger partial charge in [-0.3, -0.25) is 9.69 Å². The van der Waals surface area contributed by atoms with Crippen molar-refractivity contribution in [1.82, 2.24) is 14.8 Å². The van der Waals surface area contributed by atoms with E-state index >= 15 is 0 Å². The standard InChI is InChI=1S/C26H25N3O2S/c30-26(17-20-8-10-22(11-9-20)21-5-2-1-3-6-21)29-14-12-28(13-15-29)18-25-27-23(19-32-25)24-7-4-16-31-24/h1-11,16,19H,12-15,17-18H2. The zero-order chi connectivity index (χ0) is 21.8. The van der Waals surface area contributed by atoms with E-state index in [2.05, 4.69) is 46.3 Å². The first-order valence-corrected chi connectivity index (χ1v) is 11.8. The minimum atomic E-state index is 0.200. The van der Waals surface area contributed by atoms with Gasteiger partial charge >= 0.3 is 0 Å². The lowest BCUT2D eigenvalue weighted by atomic mass is 10.0. The summed E-state index contributed by atoms with van der Waals surface area (Å²) < 4.78 is 5.43.